The molecule has 1 aliphatic rings. The summed E-state index contributed by atoms with van der Waals surface area (Å²) in [6.45, 7) is 6.60. The van der Waals surface area contributed by atoms with Crippen LogP contribution in [0.1, 0.15) is 13.8 Å². The molecule has 1 N–H and O–H groups in total. The molecule has 4 rings (SSSR count). The van der Waals surface area contributed by atoms with Crippen LogP contribution in [0, 0.1) is 5.92 Å². The molecule has 0 bridgehead atoms. The molecule has 1 atom stereocenters. The maximum Gasteiger partial charge on any atom is 0.364 e. The van der Waals surface area contributed by atoms with E-state index < -0.39 is 0 Å². The van der Waals surface area contributed by atoms with Crippen LogP contribution in [0.4, 0.5) is 11.6 Å². The standard InChI is InChI=1S/C21H27N5O4/c1-5-30-10-9-24-19(27)17-18(23(3)21(24)28)22-20-25(12-14(2)13-26(17)20)15-7-6-8-16(11-15)29-4/h6-8,11,14H,5,9-10,12-13H2,1-4H3/p+1/t14-/m1/s1. The Morgan fingerprint density at radius 2 is 2.10 bits per heavy atom. The second kappa shape index (κ2) is 7.98. The lowest BCUT2D eigenvalue weighted by atomic mass is 10.1. The highest BCUT2D eigenvalue weighted by atomic mass is 16.5. The number of fused-ring (bicyclic) bond motifs is 3. The van der Waals surface area contributed by atoms with E-state index in [4.69, 9.17) is 9.47 Å². The maximum atomic E-state index is 13.3. The third-order valence-electron chi connectivity index (χ3n) is 5.55. The molecule has 2 aromatic heterocycles. The van der Waals surface area contributed by atoms with Gasteiger partial charge in [0.15, 0.2) is 0 Å². The molecule has 0 aliphatic carbocycles. The monoisotopic (exact) mass is 414 g/mol. The van der Waals surface area contributed by atoms with Crippen molar-refractivity contribution in [3.05, 3.63) is 45.1 Å². The normalized spacial score (nSPS) is 16.1. The van der Waals surface area contributed by atoms with Crippen molar-refractivity contribution in [2.45, 2.75) is 26.9 Å². The van der Waals surface area contributed by atoms with Crippen LogP contribution >= 0.6 is 0 Å². The van der Waals surface area contributed by atoms with Gasteiger partial charge in [-0.15, -0.1) is 0 Å². The molecule has 30 heavy (non-hydrogen) atoms. The summed E-state index contributed by atoms with van der Waals surface area (Å²) in [6.07, 6.45) is 0. The molecular weight excluding hydrogens is 386 g/mol. The van der Waals surface area contributed by atoms with Crippen LogP contribution in [-0.4, -0.2) is 41.0 Å². The highest BCUT2D eigenvalue weighted by Gasteiger charge is 2.36. The van der Waals surface area contributed by atoms with Crippen molar-refractivity contribution < 1.29 is 14.0 Å². The number of rotatable bonds is 6. The number of methoxy groups -OCH3 is 1. The summed E-state index contributed by atoms with van der Waals surface area (Å²) < 4.78 is 15.5. The molecule has 3 heterocycles. The lowest BCUT2D eigenvalue weighted by Crippen LogP contribution is -2.52. The third-order valence-corrected chi connectivity index (χ3v) is 5.55. The minimum atomic E-state index is -0.354. The van der Waals surface area contributed by atoms with Crippen LogP contribution in [0.2, 0.25) is 0 Å². The fraction of sp³-hybridized carbons (Fsp3) is 0.476. The molecule has 0 fully saturated rings. The van der Waals surface area contributed by atoms with Crippen LogP contribution in [0.5, 0.6) is 5.75 Å². The quantitative estimate of drug-likeness (QED) is 0.483. The Bertz CT molecular complexity index is 1190. The molecule has 160 valence electrons. The average molecular weight is 414 g/mol. The number of aromatic amines is 1. The van der Waals surface area contributed by atoms with E-state index in [9.17, 15) is 9.59 Å². The summed E-state index contributed by atoms with van der Waals surface area (Å²) in [4.78, 5) is 31.6. The van der Waals surface area contributed by atoms with Gasteiger partial charge in [0.1, 0.15) is 11.4 Å². The van der Waals surface area contributed by atoms with Crippen molar-refractivity contribution in [2.24, 2.45) is 13.0 Å². The molecule has 0 saturated heterocycles. The van der Waals surface area contributed by atoms with Crippen LogP contribution in [0.25, 0.3) is 11.2 Å². The molecule has 3 aromatic rings. The molecule has 1 aliphatic heterocycles. The zero-order valence-corrected chi connectivity index (χ0v) is 17.8. The number of aryl methyl sites for hydroxylation is 1. The average Bonchev–Trinajstić information content (AvgIpc) is 3.13. The molecule has 0 spiro atoms. The van der Waals surface area contributed by atoms with E-state index >= 15 is 0 Å². The molecule has 1 aromatic carbocycles. The van der Waals surface area contributed by atoms with Crippen LogP contribution in [-0.2, 0) is 24.9 Å². The van der Waals surface area contributed by atoms with Crippen LogP contribution < -0.4 is 25.5 Å². The minimum Gasteiger partial charge on any atom is -0.497 e. The first-order valence-corrected chi connectivity index (χ1v) is 10.2. The van der Waals surface area contributed by atoms with Crippen molar-refractivity contribution in [3.8, 4) is 5.75 Å². The van der Waals surface area contributed by atoms with E-state index in [1.54, 1.807) is 14.2 Å². The zero-order chi connectivity index (χ0) is 21.4. The maximum absolute atomic E-state index is 13.3. The number of ether oxygens (including phenoxy) is 2. The first-order chi connectivity index (χ1) is 14.5. The van der Waals surface area contributed by atoms with Crippen molar-refractivity contribution in [2.75, 3.05) is 31.8 Å². The molecule has 0 saturated carbocycles. The van der Waals surface area contributed by atoms with E-state index in [2.05, 4.69) is 16.8 Å². The van der Waals surface area contributed by atoms with Gasteiger partial charge in [0, 0.05) is 25.6 Å². The Labute approximate surface area is 174 Å². The molecule has 9 heteroatoms. The zero-order valence-electron chi connectivity index (χ0n) is 17.8. The highest BCUT2D eigenvalue weighted by Crippen LogP contribution is 2.30. The summed E-state index contributed by atoms with van der Waals surface area (Å²) >= 11 is 0. The number of hydrogen-bond donors (Lipinski definition) is 1. The van der Waals surface area contributed by atoms with Crippen LogP contribution in [0.3, 0.4) is 0 Å². The fourth-order valence-electron chi connectivity index (χ4n) is 4.08. The molecule has 0 radical (unpaired) electrons. The largest absolute Gasteiger partial charge is 0.497 e. The Morgan fingerprint density at radius 3 is 2.83 bits per heavy atom. The minimum absolute atomic E-state index is 0.227. The Kier molecular flexibility index (Phi) is 5.38. The Balaban J connectivity index is 1.91. The lowest BCUT2D eigenvalue weighted by molar-refractivity contribution is -0.669. The summed E-state index contributed by atoms with van der Waals surface area (Å²) in [6, 6.07) is 7.82. The van der Waals surface area contributed by atoms with Gasteiger partial charge < -0.3 is 9.47 Å². The number of hydrogen-bond acceptors (Lipinski definition) is 5. The summed E-state index contributed by atoms with van der Waals surface area (Å²) in [5.41, 5.74) is 1.34. The summed E-state index contributed by atoms with van der Waals surface area (Å²) in [7, 11) is 3.32. The predicted molar refractivity (Wildman–Crippen MR) is 114 cm³/mol. The molecule has 9 nitrogen and oxygen atoms in total. The van der Waals surface area contributed by atoms with Crippen molar-refractivity contribution in [1.29, 1.82) is 0 Å². The second-order valence-corrected chi connectivity index (χ2v) is 7.67. The summed E-state index contributed by atoms with van der Waals surface area (Å²) in [5, 5.41) is 0. The highest BCUT2D eigenvalue weighted by molar-refractivity contribution is 5.70. The number of benzene rings is 1. The molecule has 0 unspecified atom stereocenters. The SMILES string of the molecule is CCOCCn1c(=O)c2c([nH]c3[n+]2C[C@H](C)CN3c2cccc(OC)c2)n(C)c1=O. The predicted octanol–water partition coefficient (Wildman–Crippen LogP) is 1.15. The van der Waals surface area contributed by atoms with Crippen molar-refractivity contribution in [3.63, 3.8) is 0 Å². The topological polar surface area (TPSA) is 85.4 Å². The van der Waals surface area contributed by atoms with E-state index in [-0.39, 0.29) is 17.8 Å². The van der Waals surface area contributed by atoms with Gasteiger partial charge in [-0.3, -0.25) is 13.9 Å². The van der Waals surface area contributed by atoms with Gasteiger partial charge in [-0.25, -0.2) is 19.2 Å². The van der Waals surface area contributed by atoms with Gasteiger partial charge >= 0.3 is 11.6 Å². The molecule has 0 amide bonds. The number of imidazole rings is 1. The van der Waals surface area contributed by atoms with Gasteiger partial charge in [-0.05, 0) is 19.1 Å². The number of H-pyrrole nitrogens is 1. The Hall–Kier alpha value is -3.07. The Morgan fingerprint density at radius 1 is 1.30 bits per heavy atom. The van der Waals surface area contributed by atoms with E-state index in [1.165, 1.54) is 9.13 Å². The van der Waals surface area contributed by atoms with Crippen LogP contribution in [0.15, 0.2) is 33.9 Å². The number of nitrogens with zero attached hydrogens (tertiary/aromatic N) is 4. The van der Waals surface area contributed by atoms with Gasteiger partial charge in [0.2, 0.25) is 11.2 Å². The third kappa shape index (κ3) is 3.28. The van der Waals surface area contributed by atoms with E-state index in [1.807, 2.05) is 35.8 Å². The van der Waals surface area contributed by atoms with Gasteiger partial charge in [-0.2, -0.15) is 0 Å². The van der Waals surface area contributed by atoms with Gasteiger partial charge in [0.25, 0.3) is 5.56 Å². The van der Waals surface area contributed by atoms with Gasteiger partial charge in [-0.1, -0.05) is 13.0 Å². The van der Waals surface area contributed by atoms with E-state index in [0.29, 0.717) is 36.8 Å². The van der Waals surface area contributed by atoms with Crippen molar-refractivity contribution in [1.82, 2.24) is 14.1 Å². The fourth-order valence-corrected chi connectivity index (χ4v) is 4.08. The van der Waals surface area contributed by atoms with Crippen molar-refractivity contribution >= 4 is 22.8 Å². The number of aromatic nitrogens is 4. The first kappa shape index (κ1) is 20.2. The molecular formula is C21H28N5O4+. The smallest absolute Gasteiger partial charge is 0.364 e. The van der Waals surface area contributed by atoms with E-state index in [0.717, 1.165) is 23.9 Å². The second-order valence-electron chi connectivity index (χ2n) is 7.67. The summed E-state index contributed by atoms with van der Waals surface area (Å²) in [5.74, 6) is 1.85. The van der Waals surface area contributed by atoms with Gasteiger partial charge in [0.05, 0.1) is 33.4 Å². The lowest BCUT2D eigenvalue weighted by Gasteiger charge is -2.26. The first-order valence-electron chi connectivity index (χ1n) is 10.2. The number of nitrogens with one attached hydrogen (secondary N) is 1. The number of anilines is 2.